The van der Waals surface area contributed by atoms with E-state index in [4.69, 9.17) is 17.0 Å². The average Bonchev–Trinajstić information content (AvgIpc) is 3.43. The van der Waals surface area contributed by atoms with Crippen LogP contribution in [-0.2, 0) is 0 Å². The highest BCUT2D eigenvalue weighted by molar-refractivity contribution is 7.80. The summed E-state index contributed by atoms with van der Waals surface area (Å²) in [5, 5.41) is 4.25. The van der Waals surface area contributed by atoms with Gasteiger partial charge >= 0.3 is 0 Å². The molecule has 5 nitrogen and oxygen atoms in total. The van der Waals surface area contributed by atoms with Crippen molar-refractivity contribution in [1.29, 1.82) is 0 Å². The predicted octanol–water partition coefficient (Wildman–Crippen LogP) is 5.67. The molecular formula is C27H26N4OS. The van der Waals surface area contributed by atoms with Crippen molar-refractivity contribution in [2.24, 2.45) is 0 Å². The van der Waals surface area contributed by atoms with E-state index in [-0.39, 0.29) is 12.1 Å². The van der Waals surface area contributed by atoms with Crippen molar-refractivity contribution in [3.05, 3.63) is 108 Å². The fraction of sp³-hybridized carbons (Fsp3) is 0.185. The number of aryl methyl sites for hydroxylation is 2. The van der Waals surface area contributed by atoms with Crippen LogP contribution in [0.3, 0.4) is 0 Å². The average molecular weight is 455 g/mol. The summed E-state index contributed by atoms with van der Waals surface area (Å²) in [7, 11) is 1.69. The molecule has 1 aliphatic heterocycles. The second-order valence-corrected chi connectivity index (χ2v) is 8.73. The van der Waals surface area contributed by atoms with E-state index in [0.29, 0.717) is 5.11 Å². The van der Waals surface area contributed by atoms with Crippen LogP contribution in [0.15, 0.2) is 85.2 Å². The van der Waals surface area contributed by atoms with E-state index < -0.39 is 0 Å². The fourth-order valence-electron chi connectivity index (χ4n) is 4.65. The number of rotatable bonds is 5. The zero-order valence-corrected chi connectivity index (χ0v) is 19.7. The molecule has 1 fully saturated rings. The molecule has 0 bridgehead atoms. The quantitative estimate of drug-likeness (QED) is 0.393. The molecular weight excluding hydrogens is 428 g/mol. The second kappa shape index (κ2) is 8.71. The molecule has 5 rings (SSSR count). The number of pyridine rings is 1. The summed E-state index contributed by atoms with van der Waals surface area (Å²) in [6, 6.07) is 24.7. The van der Waals surface area contributed by atoms with Crippen molar-refractivity contribution in [2.45, 2.75) is 25.9 Å². The zero-order valence-electron chi connectivity index (χ0n) is 18.9. The van der Waals surface area contributed by atoms with Gasteiger partial charge in [0.2, 0.25) is 0 Å². The number of hydrogen-bond donors (Lipinski definition) is 1. The summed E-state index contributed by atoms with van der Waals surface area (Å²) in [6.07, 6.45) is 3.92. The number of thiocarbonyl (C=S) groups is 1. The summed E-state index contributed by atoms with van der Waals surface area (Å²) in [5.41, 5.74) is 6.59. The van der Waals surface area contributed by atoms with E-state index in [1.807, 2.05) is 36.5 Å². The van der Waals surface area contributed by atoms with Gasteiger partial charge in [-0.25, -0.2) is 0 Å². The molecule has 166 valence electrons. The van der Waals surface area contributed by atoms with Gasteiger partial charge in [-0.1, -0.05) is 18.2 Å². The van der Waals surface area contributed by atoms with E-state index >= 15 is 0 Å². The molecule has 3 heterocycles. The highest BCUT2D eigenvalue weighted by Gasteiger charge is 2.42. The number of nitrogens with zero attached hydrogens (tertiary/aromatic N) is 3. The van der Waals surface area contributed by atoms with Crippen molar-refractivity contribution < 1.29 is 4.74 Å². The van der Waals surface area contributed by atoms with Crippen LogP contribution in [0.1, 0.15) is 34.6 Å². The van der Waals surface area contributed by atoms with Crippen LogP contribution in [0.4, 0.5) is 5.69 Å². The van der Waals surface area contributed by atoms with Gasteiger partial charge < -0.3 is 19.5 Å². The lowest BCUT2D eigenvalue weighted by Gasteiger charge is -2.29. The monoisotopic (exact) mass is 454 g/mol. The van der Waals surface area contributed by atoms with E-state index in [1.54, 1.807) is 7.11 Å². The summed E-state index contributed by atoms with van der Waals surface area (Å²) in [4.78, 5) is 6.89. The Labute approximate surface area is 199 Å². The number of methoxy groups -OCH3 is 1. The maximum atomic E-state index is 5.89. The number of anilines is 1. The molecule has 1 aliphatic rings. The lowest BCUT2D eigenvalue weighted by atomic mass is 10.00. The number of ether oxygens (including phenoxy) is 1. The molecule has 0 radical (unpaired) electrons. The van der Waals surface area contributed by atoms with Crippen LogP contribution in [-0.4, -0.2) is 21.8 Å². The first-order chi connectivity index (χ1) is 16.0. The van der Waals surface area contributed by atoms with Gasteiger partial charge in [0.05, 0.1) is 18.8 Å². The highest BCUT2D eigenvalue weighted by Crippen LogP contribution is 2.42. The Morgan fingerprint density at radius 1 is 0.909 bits per heavy atom. The van der Waals surface area contributed by atoms with Gasteiger partial charge in [-0.2, -0.15) is 0 Å². The summed E-state index contributed by atoms with van der Waals surface area (Å²) >= 11 is 5.89. The number of hydrogen-bond acceptors (Lipinski definition) is 3. The Bertz CT molecular complexity index is 1280. The van der Waals surface area contributed by atoms with Crippen molar-refractivity contribution in [1.82, 2.24) is 14.9 Å². The third-order valence-corrected chi connectivity index (χ3v) is 6.31. The van der Waals surface area contributed by atoms with Crippen LogP contribution in [0.2, 0.25) is 0 Å². The summed E-state index contributed by atoms with van der Waals surface area (Å²) < 4.78 is 7.68. The molecule has 2 atom stereocenters. The number of aromatic nitrogens is 2. The molecule has 33 heavy (non-hydrogen) atoms. The lowest BCUT2D eigenvalue weighted by Crippen LogP contribution is -2.30. The van der Waals surface area contributed by atoms with Crippen LogP contribution in [0.5, 0.6) is 5.75 Å². The molecule has 0 unspecified atom stereocenters. The molecule has 2 aromatic carbocycles. The summed E-state index contributed by atoms with van der Waals surface area (Å²) in [6.45, 7) is 4.24. The van der Waals surface area contributed by atoms with Crippen molar-refractivity contribution in [3.8, 4) is 11.4 Å². The standard InChI is InChI=1S/C27H26N4OS/c1-18-14-19(2)16-21(15-18)31-26(25(29-27(31)33)23-10-4-5-12-28-23)24-11-7-13-30(24)20-8-6-9-22(17-20)32-3/h4-17,25-26H,1-3H3,(H,29,33)/t25-,26+/m0/s1. The van der Waals surface area contributed by atoms with Crippen LogP contribution in [0, 0.1) is 13.8 Å². The Morgan fingerprint density at radius 3 is 2.45 bits per heavy atom. The first-order valence-electron chi connectivity index (χ1n) is 11.0. The van der Waals surface area contributed by atoms with Crippen LogP contribution < -0.4 is 15.0 Å². The SMILES string of the molecule is COc1cccc(-n2cccc2[C@@H]2[C@H](c3ccccn3)NC(=S)N2c2cc(C)cc(C)c2)c1. The minimum absolute atomic E-state index is 0.0881. The molecule has 4 aromatic rings. The predicted molar refractivity (Wildman–Crippen MR) is 136 cm³/mol. The van der Waals surface area contributed by atoms with Crippen LogP contribution >= 0.6 is 12.2 Å². The molecule has 0 amide bonds. The first kappa shape index (κ1) is 21.2. The Hall–Kier alpha value is -3.64. The second-order valence-electron chi connectivity index (χ2n) is 8.35. The van der Waals surface area contributed by atoms with Crippen molar-refractivity contribution in [3.63, 3.8) is 0 Å². The van der Waals surface area contributed by atoms with Crippen molar-refractivity contribution in [2.75, 3.05) is 12.0 Å². The molecule has 0 spiro atoms. The third-order valence-electron chi connectivity index (χ3n) is 6.00. The topological polar surface area (TPSA) is 42.3 Å². The van der Waals surface area contributed by atoms with Gasteiger partial charge in [0.25, 0.3) is 0 Å². The van der Waals surface area contributed by atoms with E-state index in [0.717, 1.165) is 28.5 Å². The normalized spacial score (nSPS) is 17.8. The minimum Gasteiger partial charge on any atom is -0.497 e. The zero-order chi connectivity index (χ0) is 22.9. The van der Waals surface area contributed by atoms with E-state index in [2.05, 4.69) is 82.3 Å². The smallest absolute Gasteiger partial charge is 0.174 e. The minimum atomic E-state index is -0.0984. The van der Waals surface area contributed by atoms with Gasteiger partial charge in [-0.05, 0) is 85.7 Å². The molecule has 0 aliphatic carbocycles. The molecule has 1 saturated heterocycles. The Morgan fingerprint density at radius 2 is 1.73 bits per heavy atom. The largest absolute Gasteiger partial charge is 0.497 e. The number of benzene rings is 2. The molecule has 2 aromatic heterocycles. The van der Waals surface area contributed by atoms with Gasteiger partial charge in [-0.15, -0.1) is 0 Å². The number of nitrogens with one attached hydrogen (secondary N) is 1. The van der Waals surface area contributed by atoms with E-state index in [1.165, 1.54) is 11.1 Å². The van der Waals surface area contributed by atoms with Gasteiger partial charge in [0, 0.05) is 35.5 Å². The Balaban J connectivity index is 1.68. The van der Waals surface area contributed by atoms with E-state index in [9.17, 15) is 0 Å². The van der Waals surface area contributed by atoms with Gasteiger partial charge in [0.15, 0.2) is 5.11 Å². The van der Waals surface area contributed by atoms with Gasteiger partial charge in [-0.3, -0.25) is 4.98 Å². The molecule has 6 heteroatoms. The Kier molecular flexibility index (Phi) is 5.60. The van der Waals surface area contributed by atoms with Crippen LogP contribution in [0.25, 0.3) is 5.69 Å². The first-order valence-corrected chi connectivity index (χ1v) is 11.4. The maximum Gasteiger partial charge on any atom is 0.174 e. The summed E-state index contributed by atoms with van der Waals surface area (Å²) in [5.74, 6) is 0.819. The third kappa shape index (κ3) is 3.98. The molecule has 1 N–H and O–H groups in total. The lowest BCUT2D eigenvalue weighted by molar-refractivity contribution is 0.414. The van der Waals surface area contributed by atoms with Crippen molar-refractivity contribution >= 4 is 23.0 Å². The molecule has 0 saturated carbocycles. The van der Waals surface area contributed by atoms with Gasteiger partial charge in [0.1, 0.15) is 11.8 Å². The highest BCUT2D eigenvalue weighted by atomic mass is 32.1. The maximum absolute atomic E-state index is 5.89. The fourth-order valence-corrected chi connectivity index (χ4v) is 5.00.